The van der Waals surface area contributed by atoms with E-state index in [1.54, 1.807) is 24.5 Å². The van der Waals surface area contributed by atoms with Crippen LogP contribution in [0.2, 0.25) is 0 Å². The first-order valence-electron chi connectivity index (χ1n) is 11.4. The molecule has 0 spiro atoms. The van der Waals surface area contributed by atoms with Crippen LogP contribution in [0.5, 0.6) is 0 Å². The van der Waals surface area contributed by atoms with Crippen LogP contribution in [0.25, 0.3) is 0 Å². The highest BCUT2D eigenvalue weighted by Crippen LogP contribution is 2.31. The summed E-state index contributed by atoms with van der Waals surface area (Å²) in [6.07, 6.45) is 7.58. The zero-order valence-electron chi connectivity index (χ0n) is 19.4. The fourth-order valence-electron chi connectivity index (χ4n) is 4.23. The molecule has 3 aromatic heterocycles. The normalized spacial score (nSPS) is 15.8. The predicted molar refractivity (Wildman–Crippen MR) is 126 cm³/mol. The van der Waals surface area contributed by atoms with Crippen LogP contribution in [0.4, 0.5) is 5.82 Å². The van der Waals surface area contributed by atoms with Crippen molar-refractivity contribution in [1.29, 1.82) is 0 Å². The number of aromatic nitrogens is 4. The summed E-state index contributed by atoms with van der Waals surface area (Å²) < 4.78 is 2.05. The second kappa shape index (κ2) is 9.94. The molecule has 0 aliphatic carbocycles. The lowest BCUT2D eigenvalue weighted by atomic mass is 10.1. The van der Waals surface area contributed by atoms with E-state index in [-0.39, 0.29) is 17.9 Å². The smallest absolute Gasteiger partial charge is 0.275 e. The molecule has 0 radical (unpaired) electrons. The number of imidazole rings is 1. The molecular weight excluding hydrogens is 416 g/mol. The van der Waals surface area contributed by atoms with Crippen LogP contribution < -0.4 is 5.32 Å². The van der Waals surface area contributed by atoms with Crippen molar-refractivity contribution in [3.8, 4) is 0 Å². The van der Waals surface area contributed by atoms with Gasteiger partial charge < -0.3 is 14.8 Å². The molecule has 1 saturated heterocycles. The summed E-state index contributed by atoms with van der Waals surface area (Å²) in [6, 6.07) is 8.93. The molecule has 4 heterocycles. The Bertz CT molecular complexity index is 1120. The summed E-state index contributed by atoms with van der Waals surface area (Å²) >= 11 is 0. The third-order valence-electron chi connectivity index (χ3n) is 5.90. The Hall–Kier alpha value is -3.55. The third kappa shape index (κ3) is 5.27. The number of hydrogen-bond acceptors (Lipinski definition) is 5. The second-order valence-corrected chi connectivity index (χ2v) is 8.75. The van der Waals surface area contributed by atoms with Gasteiger partial charge in [-0.2, -0.15) is 0 Å². The second-order valence-electron chi connectivity index (χ2n) is 8.75. The van der Waals surface area contributed by atoms with Crippen LogP contribution in [-0.4, -0.2) is 42.8 Å². The van der Waals surface area contributed by atoms with Gasteiger partial charge in [0.1, 0.15) is 17.3 Å². The maximum absolute atomic E-state index is 13.1. The minimum atomic E-state index is -0.314. The number of nitrogens with one attached hydrogen (secondary N) is 1. The molecule has 172 valence electrons. The highest BCUT2D eigenvalue weighted by Gasteiger charge is 2.31. The van der Waals surface area contributed by atoms with E-state index in [4.69, 9.17) is 0 Å². The first kappa shape index (κ1) is 22.6. The number of anilines is 1. The van der Waals surface area contributed by atoms with Crippen LogP contribution in [-0.2, 0) is 11.3 Å². The molecule has 0 saturated carbocycles. The summed E-state index contributed by atoms with van der Waals surface area (Å²) in [5.41, 5.74) is 2.08. The number of pyridine rings is 2. The fraction of sp³-hybridized carbons (Fsp3) is 0.400. The number of aryl methyl sites for hydroxylation is 2. The molecule has 0 unspecified atom stereocenters. The maximum Gasteiger partial charge on any atom is 0.275 e. The number of nitrogens with zero attached hydrogens (tertiary/aromatic N) is 5. The Kier molecular flexibility index (Phi) is 6.82. The summed E-state index contributed by atoms with van der Waals surface area (Å²) in [4.78, 5) is 40.9. The molecule has 3 aromatic rings. The van der Waals surface area contributed by atoms with Gasteiger partial charge in [-0.05, 0) is 43.5 Å². The van der Waals surface area contributed by atoms with Crippen LogP contribution >= 0.6 is 0 Å². The Labute approximate surface area is 194 Å². The highest BCUT2D eigenvalue weighted by molar-refractivity contribution is 6.02. The summed E-state index contributed by atoms with van der Waals surface area (Å²) in [7, 11) is 0. The first-order valence-corrected chi connectivity index (χ1v) is 11.4. The molecule has 8 nitrogen and oxygen atoms in total. The van der Waals surface area contributed by atoms with E-state index in [1.165, 1.54) is 0 Å². The van der Waals surface area contributed by atoms with Crippen LogP contribution in [0, 0.1) is 6.92 Å². The molecule has 1 atom stereocenters. The topological polar surface area (TPSA) is 93.0 Å². The van der Waals surface area contributed by atoms with E-state index in [9.17, 15) is 9.59 Å². The van der Waals surface area contributed by atoms with Gasteiger partial charge in [-0.3, -0.25) is 9.59 Å². The van der Waals surface area contributed by atoms with Crippen LogP contribution in [0.3, 0.4) is 0 Å². The SMILES string of the molecule is Cc1ccc(NC(=O)c2cccc([C@@H]3CCCN3C(=O)CCn3ccnc3C(C)C)n2)nc1. The molecular formula is C25H30N6O2. The molecule has 1 fully saturated rings. The largest absolute Gasteiger partial charge is 0.334 e. The molecule has 1 N–H and O–H groups in total. The number of rotatable bonds is 7. The Balaban J connectivity index is 1.43. The number of amides is 2. The van der Waals surface area contributed by atoms with E-state index in [1.807, 2.05) is 36.2 Å². The van der Waals surface area contributed by atoms with Crippen molar-refractivity contribution < 1.29 is 9.59 Å². The zero-order chi connectivity index (χ0) is 23.4. The molecule has 0 bridgehead atoms. The molecule has 33 heavy (non-hydrogen) atoms. The van der Waals surface area contributed by atoms with Gasteiger partial charge in [0.25, 0.3) is 5.91 Å². The lowest BCUT2D eigenvalue weighted by Gasteiger charge is -2.25. The van der Waals surface area contributed by atoms with Gasteiger partial charge in [0, 0.05) is 44.0 Å². The number of carbonyl (C=O) groups is 2. The van der Waals surface area contributed by atoms with Gasteiger partial charge in [0.15, 0.2) is 0 Å². The van der Waals surface area contributed by atoms with Crippen molar-refractivity contribution in [3.63, 3.8) is 0 Å². The van der Waals surface area contributed by atoms with Crippen molar-refractivity contribution in [2.45, 2.75) is 58.5 Å². The van der Waals surface area contributed by atoms with Gasteiger partial charge in [0.2, 0.25) is 5.91 Å². The number of hydrogen-bond donors (Lipinski definition) is 1. The fourth-order valence-corrected chi connectivity index (χ4v) is 4.23. The average Bonchev–Trinajstić information content (AvgIpc) is 3.49. The quantitative estimate of drug-likeness (QED) is 0.590. The van der Waals surface area contributed by atoms with Crippen LogP contribution in [0.15, 0.2) is 48.9 Å². The van der Waals surface area contributed by atoms with E-state index in [0.717, 1.165) is 29.9 Å². The van der Waals surface area contributed by atoms with Gasteiger partial charge in [-0.15, -0.1) is 0 Å². The Morgan fingerprint density at radius 3 is 2.79 bits per heavy atom. The van der Waals surface area contributed by atoms with E-state index < -0.39 is 0 Å². The Morgan fingerprint density at radius 1 is 1.18 bits per heavy atom. The third-order valence-corrected chi connectivity index (χ3v) is 5.90. The molecule has 1 aliphatic rings. The molecule has 4 rings (SSSR count). The molecule has 8 heteroatoms. The minimum absolute atomic E-state index is 0.0985. The van der Waals surface area contributed by atoms with Crippen molar-refractivity contribution in [2.24, 2.45) is 0 Å². The van der Waals surface area contributed by atoms with E-state index in [2.05, 4.69) is 38.7 Å². The monoisotopic (exact) mass is 446 g/mol. The summed E-state index contributed by atoms with van der Waals surface area (Å²) in [5, 5.41) is 2.79. The van der Waals surface area contributed by atoms with E-state index in [0.29, 0.717) is 36.9 Å². The van der Waals surface area contributed by atoms with E-state index >= 15 is 0 Å². The summed E-state index contributed by atoms with van der Waals surface area (Å²) in [6.45, 7) is 7.45. The van der Waals surface area contributed by atoms with Gasteiger partial charge in [-0.1, -0.05) is 26.0 Å². The van der Waals surface area contributed by atoms with Crippen molar-refractivity contribution in [3.05, 3.63) is 71.7 Å². The first-order chi connectivity index (χ1) is 15.9. The van der Waals surface area contributed by atoms with Crippen LogP contribution in [0.1, 0.15) is 72.6 Å². The standard InChI is InChI=1S/C25H30N6O2/c1-17(2)24-26-12-15-30(24)14-11-23(32)31-13-5-8-21(31)19-6-4-7-20(28-19)25(33)29-22-10-9-18(3)16-27-22/h4,6-7,9-10,12,15-17,21H,5,8,11,13-14H2,1-3H3,(H,27,29,33)/t21-/m0/s1. The summed E-state index contributed by atoms with van der Waals surface area (Å²) in [5.74, 6) is 1.56. The maximum atomic E-state index is 13.1. The lowest BCUT2D eigenvalue weighted by Crippen LogP contribution is -2.32. The van der Waals surface area contributed by atoms with Gasteiger partial charge in [0.05, 0.1) is 11.7 Å². The predicted octanol–water partition coefficient (Wildman–Crippen LogP) is 4.11. The minimum Gasteiger partial charge on any atom is -0.334 e. The van der Waals surface area contributed by atoms with Crippen molar-refractivity contribution >= 4 is 17.6 Å². The Morgan fingerprint density at radius 2 is 2.03 bits per heavy atom. The van der Waals surface area contributed by atoms with Gasteiger partial charge in [-0.25, -0.2) is 15.0 Å². The lowest BCUT2D eigenvalue weighted by molar-refractivity contribution is -0.132. The van der Waals surface area contributed by atoms with Crippen molar-refractivity contribution in [1.82, 2.24) is 24.4 Å². The molecule has 1 aliphatic heterocycles. The zero-order valence-corrected chi connectivity index (χ0v) is 19.4. The average molecular weight is 447 g/mol. The van der Waals surface area contributed by atoms with Gasteiger partial charge >= 0.3 is 0 Å². The molecule has 0 aromatic carbocycles. The highest BCUT2D eigenvalue weighted by atomic mass is 16.2. The number of carbonyl (C=O) groups excluding carboxylic acids is 2. The molecule has 2 amide bonds. The van der Waals surface area contributed by atoms with Crippen molar-refractivity contribution in [2.75, 3.05) is 11.9 Å². The number of likely N-dealkylation sites (tertiary alicyclic amines) is 1.